The summed E-state index contributed by atoms with van der Waals surface area (Å²) in [5.74, 6) is 1.63. The van der Waals surface area contributed by atoms with E-state index < -0.39 is 0 Å². The van der Waals surface area contributed by atoms with Crippen LogP contribution in [-0.2, 0) is 0 Å². The first-order chi connectivity index (χ1) is 9.61. The van der Waals surface area contributed by atoms with Gasteiger partial charge >= 0.3 is 0 Å². The van der Waals surface area contributed by atoms with Gasteiger partial charge in [0, 0.05) is 13.0 Å². The van der Waals surface area contributed by atoms with Crippen LogP contribution in [0.2, 0.25) is 0 Å². The van der Waals surface area contributed by atoms with Gasteiger partial charge in [0.2, 0.25) is 0 Å². The summed E-state index contributed by atoms with van der Waals surface area (Å²) in [6.07, 6.45) is 5.89. The Morgan fingerprint density at radius 3 is 2.70 bits per heavy atom. The molecule has 4 nitrogen and oxygen atoms in total. The summed E-state index contributed by atoms with van der Waals surface area (Å²) >= 11 is 1.43. The molecule has 0 spiro atoms. The number of nitrogens with one attached hydrogen (secondary N) is 1. The van der Waals surface area contributed by atoms with Crippen molar-refractivity contribution in [2.24, 2.45) is 11.3 Å². The first kappa shape index (κ1) is 13.7. The largest absolute Gasteiger partial charge is 0.492 e. The summed E-state index contributed by atoms with van der Waals surface area (Å²) in [6, 6.07) is 0. The van der Waals surface area contributed by atoms with Crippen LogP contribution >= 0.6 is 11.3 Å². The molecular formula is C15H22N2O2S. The van der Waals surface area contributed by atoms with E-state index in [2.05, 4.69) is 5.32 Å². The molecule has 0 unspecified atom stereocenters. The Morgan fingerprint density at radius 2 is 2.20 bits per heavy atom. The van der Waals surface area contributed by atoms with Gasteiger partial charge in [-0.15, -0.1) is 11.3 Å². The zero-order valence-corrected chi connectivity index (χ0v) is 12.9. The number of thiophene rings is 1. The molecule has 110 valence electrons. The highest BCUT2D eigenvalue weighted by Gasteiger charge is 2.53. The van der Waals surface area contributed by atoms with Crippen LogP contribution in [0.1, 0.15) is 48.7 Å². The Kier molecular flexibility index (Phi) is 3.40. The molecule has 2 saturated carbocycles. The molecule has 2 aliphatic carbocycles. The van der Waals surface area contributed by atoms with Crippen LogP contribution in [0.5, 0.6) is 5.75 Å². The van der Waals surface area contributed by atoms with E-state index in [0.717, 1.165) is 17.5 Å². The molecule has 1 aromatic rings. The molecule has 2 fully saturated rings. The molecule has 0 aliphatic heterocycles. The fourth-order valence-electron chi connectivity index (χ4n) is 2.96. The maximum atomic E-state index is 11.9. The van der Waals surface area contributed by atoms with Crippen LogP contribution in [0.3, 0.4) is 0 Å². The quantitative estimate of drug-likeness (QED) is 0.755. The smallest absolute Gasteiger partial charge is 0.176 e. The molecule has 0 amide bonds. The second kappa shape index (κ2) is 4.95. The van der Waals surface area contributed by atoms with Crippen LogP contribution in [0, 0.1) is 11.3 Å². The zero-order chi connectivity index (χ0) is 14.3. The average molecular weight is 294 g/mol. The van der Waals surface area contributed by atoms with Gasteiger partial charge in [-0.3, -0.25) is 4.79 Å². The van der Waals surface area contributed by atoms with Crippen LogP contribution in [0.25, 0.3) is 0 Å². The molecule has 3 rings (SSSR count). The lowest BCUT2D eigenvalue weighted by Crippen LogP contribution is -2.17. The normalized spacial score (nSPS) is 19.7. The van der Waals surface area contributed by atoms with Crippen molar-refractivity contribution in [2.75, 3.05) is 24.7 Å². The van der Waals surface area contributed by atoms with Crippen molar-refractivity contribution in [3.05, 3.63) is 4.88 Å². The highest BCUT2D eigenvalue weighted by Crippen LogP contribution is 2.61. The number of ether oxygens (including phenoxy) is 1. The Balaban J connectivity index is 1.76. The maximum absolute atomic E-state index is 11.9. The summed E-state index contributed by atoms with van der Waals surface area (Å²) < 4.78 is 5.38. The monoisotopic (exact) mass is 294 g/mol. The van der Waals surface area contributed by atoms with Gasteiger partial charge in [0.05, 0.1) is 17.7 Å². The number of nitrogens with two attached hydrogens (primary N) is 1. The van der Waals surface area contributed by atoms with E-state index in [9.17, 15) is 4.79 Å². The van der Waals surface area contributed by atoms with Crippen LogP contribution in [0.15, 0.2) is 0 Å². The van der Waals surface area contributed by atoms with Crippen molar-refractivity contribution < 1.29 is 9.53 Å². The molecule has 5 heteroatoms. The van der Waals surface area contributed by atoms with Crippen molar-refractivity contribution >= 4 is 27.8 Å². The number of carbonyl (C=O) groups is 1. The Hall–Kier alpha value is -1.23. The van der Waals surface area contributed by atoms with Gasteiger partial charge in [0.1, 0.15) is 5.00 Å². The first-order valence-electron chi connectivity index (χ1n) is 7.34. The summed E-state index contributed by atoms with van der Waals surface area (Å²) in [5, 5.41) is 4.40. The van der Waals surface area contributed by atoms with Gasteiger partial charge in [0.15, 0.2) is 11.5 Å². The zero-order valence-electron chi connectivity index (χ0n) is 12.1. The third kappa shape index (κ3) is 2.28. The number of anilines is 2. The van der Waals surface area contributed by atoms with Crippen molar-refractivity contribution in [3.63, 3.8) is 0 Å². The standard InChI is InChI=1S/C15H22N2O2S/c1-3-10(18)13-11(16)12(19-2)14(20-13)17-8-15(6-7-15)9-4-5-9/h9,17H,3-8,16H2,1-2H3. The highest BCUT2D eigenvalue weighted by molar-refractivity contribution is 7.19. The topological polar surface area (TPSA) is 64.3 Å². The highest BCUT2D eigenvalue weighted by atomic mass is 32.1. The molecule has 0 radical (unpaired) electrons. The van der Waals surface area contributed by atoms with Gasteiger partial charge in [0.25, 0.3) is 0 Å². The Morgan fingerprint density at radius 1 is 1.50 bits per heavy atom. The molecule has 20 heavy (non-hydrogen) atoms. The number of nitrogen functional groups attached to an aromatic ring is 1. The lowest BCUT2D eigenvalue weighted by Gasteiger charge is -2.15. The average Bonchev–Trinajstić information content (AvgIpc) is 3.33. The van der Waals surface area contributed by atoms with Gasteiger partial charge in [-0.1, -0.05) is 6.92 Å². The number of rotatable bonds is 7. The predicted octanol–water partition coefficient (Wildman–Crippen LogP) is 3.53. The van der Waals surface area contributed by atoms with E-state index in [1.807, 2.05) is 6.92 Å². The number of hydrogen-bond donors (Lipinski definition) is 2. The number of methoxy groups -OCH3 is 1. The number of hydrogen-bond acceptors (Lipinski definition) is 5. The molecule has 2 aliphatic rings. The lowest BCUT2D eigenvalue weighted by molar-refractivity contribution is 0.0992. The first-order valence-corrected chi connectivity index (χ1v) is 8.16. The minimum atomic E-state index is 0.0854. The lowest BCUT2D eigenvalue weighted by atomic mass is 10.0. The van der Waals surface area contributed by atoms with Crippen molar-refractivity contribution in [2.45, 2.75) is 39.0 Å². The summed E-state index contributed by atoms with van der Waals surface area (Å²) in [7, 11) is 1.61. The minimum absolute atomic E-state index is 0.0854. The van der Waals surface area contributed by atoms with Crippen molar-refractivity contribution in [1.29, 1.82) is 0 Å². The van der Waals surface area contributed by atoms with E-state index in [4.69, 9.17) is 10.5 Å². The minimum Gasteiger partial charge on any atom is -0.492 e. The predicted molar refractivity (Wildman–Crippen MR) is 82.8 cm³/mol. The molecule has 0 saturated heterocycles. The molecule has 0 aromatic carbocycles. The Bertz CT molecular complexity index is 530. The maximum Gasteiger partial charge on any atom is 0.176 e. The fourth-order valence-corrected chi connectivity index (χ4v) is 4.05. The third-order valence-electron chi connectivity index (χ3n) is 4.61. The van der Waals surface area contributed by atoms with Gasteiger partial charge in [-0.25, -0.2) is 0 Å². The fraction of sp³-hybridized carbons (Fsp3) is 0.667. The van der Waals surface area contributed by atoms with Crippen molar-refractivity contribution in [3.8, 4) is 5.75 Å². The SMILES string of the molecule is CCC(=O)c1sc(NCC2(C3CC3)CC2)c(OC)c1N. The number of ketones is 1. The van der Waals surface area contributed by atoms with Gasteiger partial charge in [-0.05, 0) is 37.0 Å². The number of carbonyl (C=O) groups excluding carboxylic acids is 1. The second-order valence-corrected chi connectivity index (χ2v) is 6.99. The molecule has 0 atom stereocenters. The van der Waals surface area contributed by atoms with E-state index in [0.29, 0.717) is 28.1 Å². The van der Waals surface area contributed by atoms with Crippen LogP contribution in [0.4, 0.5) is 10.7 Å². The van der Waals surface area contributed by atoms with Gasteiger partial charge in [-0.2, -0.15) is 0 Å². The molecular weight excluding hydrogens is 272 g/mol. The van der Waals surface area contributed by atoms with Gasteiger partial charge < -0.3 is 15.8 Å². The molecule has 1 aromatic heterocycles. The van der Waals surface area contributed by atoms with Crippen LogP contribution < -0.4 is 15.8 Å². The molecule has 0 bridgehead atoms. The summed E-state index contributed by atoms with van der Waals surface area (Å²) in [4.78, 5) is 12.5. The van der Waals surface area contributed by atoms with Crippen LogP contribution in [-0.4, -0.2) is 19.4 Å². The van der Waals surface area contributed by atoms with E-state index >= 15 is 0 Å². The van der Waals surface area contributed by atoms with E-state index in [1.165, 1.54) is 37.0 Å². The third-order valence-corrected chi connectivity index (χ3v) is 5.80. The summed E-state index contributed by atoms with van der Waals surface area (Å²) in [6.45, 7) is 2.83. The summed E-state index contributed by atoms with van der Waals surface area (Å²) in [5.41, 5.74) is 7.04. The van der Waals surface area contributed by atoms with E-state index in [1.54, 1.807) is 7.11 Å². The Labute approximate surface area is 123 Å². The molecule has 1 heterocycles. The molecule has 3 N–H and O–H groups in total. The van der Waals surface area contributed by atoms with Crippen molar-refractivity contribution in [1.82, 2.24) is 0 Å². The number of Topliss-reactive ketones (excluding diaryl/α,β-unsaturated/α-hetero) is 1. The van der Waals surface area contributed by atoms with E-state index in [-0.39, 0.29) is 5.78 Å². The second-order valence-electron chi connectivity index (χ2n) is 5.97.